The second-order valence-electron chi connectivity index (χ2n) is 4.94. The van der Waals surface area contributed by atoms with E-state index in [1.165, 1.54) is 5.56 Å². The normalized spacial score (nSPS) is 10.8. The van der Waals surface area contributed by atoms with Crippen molar-refractivity contribution in [2.45, 2.75) is 39.8 Å². The summed E-state index contributed by atoms with van der Waals surface area (Å²) in [7, 11) is 1.70. The van der Waals surface area contributed by atoms with Gasteiger partial charge in [0.1, 0.15) is 0 Å². The fraction of sp³-hybridized carbons (Fsp3) is 0.625. The van der Waals surface area contributed by atoms with E-state index >= 15 is 0 Å². The number of rotatable bonds is 10. The molecule has 0 aliphatic rings. The van der Waals surface area contributed by atoms with E-state index in [-0.39, 0.29) is 0 Å². The van der Waals surface area contributed by atoms with E-state index in [2.05, 4.69) is 25.2 Å². The topological polar surface area (TPSA) is 39.7 Å². The number of methoxy groups -OCH3 is 1. The molecular formula is C16H27NO3. The van der Waals surface area contributed by atoms with Gasteiger partial charge in [-0.05, 0) is 24.6 Å². The van der Waals surface area contributed by atoms with Crippen LogP contribution in [0.5, 0.6) is 11.5 Å². The fourth-order valence-electron chi connectivity index (χ4n) is 1.76. The molecule has 0 aromatic heterocycles. The Hall–Kier alpha value is -1.26. The van der Waals surface area contributed by atoms with Crippen LogP contribution in [-0.4, -0.2) is 33.0 Å². The number of benzene rings is 1. The van der Waals surface area contributed by atoms with Crippen LogP contribution in [0.4, 0.5) is 0 Å². The smallest absolute Gasteiger partial charge is 0.161 e. The number of hydrogen-bond donors (Lipinski definition) is 1. The second kappa shape index (κ2) is 9.61. The lowest BCUT2D eigenvalue weighted by Gasteiger charge is -2.14. The molecule has 0 bridgehead atoms. The first-order valence-electron chi connectivity index (χ1n) is 7.28. The maximum absolute atomic E-state index is 5.81. The maximum atomic E-state index is 5.81. The van der Waals surface area contributed by atoms with E-state index in [0.717, 1.165) is 24.5 Å². The van der Waals surface area contributed by atoms with Crippen LogP contribution in [0.1, 0.15) is 32.8 Å². The highest BCUT2D eigenvalue weighted by atomic mass is 16.5. The predicted octanol–water partition coefficient (Wildman–Crippen LogP) is 3.00. The van der Waals surface area contributed by atoms with Gasteiger partial charge in [0.05, 0.1) is 13.2 Å². The monoisotopic (exact) mass is 281 g/mol. The van der Waals surface area contributed by atoms with Crippen LogP contribution in [0.3, 0.4) is 0 Å². The largest absolute Gasteiger partial charge is 0.490 e. The lowest BCUT2D eigenvalue weighted by molar-refractivity contribution is 0.170. The highest BCUT2D eigenvalue weighted by Crippen LogP contribution is 2.28. The summed E-state index contributed by atoms with van der Waals surface area (Å²) in [5, 5.41) is 3.40. The van der Waals surface area contributed by atoms with E-state index in [0.29, 0.717) is 25.9 Å². The summed E-state index contributed by atoms with van der Waals surface area (Å²) >= 11 is 0. The summed E-state index contributed by atoms with van der Waals surface area (Å²) in [6, 6.07) is 6.56. The summed E-state index contributed by atoms with van der Waals surface area (Å²) in [5.74, 6) is 1.62. The van der Waals surface area contributed by atoms with Crippen molar-refractivity contribution in [3.05, 3.63) is 23.8 Å². The Morgan fingerprint density at radius 1 is 1.10 bits per heavy atom. The van der Waals surface area contributed by atoms with Crippen molar-refractivity contribution >= 4 is 0 Å². The molecule has 20 heavy (non-hydrogen) atoms. The van der Waals surface area contributed by atoms with Crippen molar-refractivity contribution in [3.63, 3.8) is 0 Å². The van der Waals surface area contributed by atoms with Crippen LogP contribution in [-0.2, 0) is 11.3 Å². The molecule has 0 radical (unpaired) electrons. The zero-order valence-corrected chi connectivity index (χ0v) is 13.1. The Balaban J connectivity index is 2.66. The Bertz CT molecular complexity index is 380. The van der Waals surface area contributed by atoms with Crippen LogP contribution in [0, 0.1) is 0 Å². The molecule has 0 fully saturated rings. The van der Waals surface area contributed by atoms with Crippen molar-refractivity contribution in [2.75, 3.05) is 26.9 Å². The molecule has 4 heteroatoms. The van der Waals surface area contributed by atoms with Gasteiger partial charge in [-0.15, -0.1) is 0 Å². The average molecular weight is 281 g/mol. The third-order valence-corrected chi connectivity index (χ3v) is 2.77. The third kappa shape index (κ3) is 6.26. The van der Waals surface area contributed by atoms with Crippen molar-refractivity contribution in [2.24, 2.45) is 0 Å². The summed E-state index contributed by atoms with van der Waals surface area (Å²) < 4.78 is 16.4. The molecular weight excluding hydrogens is 254 g/mol. The van der Waals surface area contributed by atoms with Crippen molar-refractivity contribution < 1.29 is 14.2 Å². The lowest BCUT2D eigenvalue weighted by Crippen LogP contribution is -2.21. The van der Waals surface area contributed by atoms with Crippen LogP contribution < -0.4 is 14.8 Å². The molecule has 1 N–H and O–H groups in total. The van der Waals surface area contributed by atoms with E-state index in [1.54, 1.807) is 7.11 Å². The van der Waals surface area contributed by atoms with Crippen molar-refractivity contribution in [3.8, 4) is 11.5 Å². The number of ether oxygens (including phenoxy) is 3. The first kappa shape index (κ1) is 16.8. The standard InChI is InChI=1S/C16H27NO3/c1-5-19-15-8-7-14(12-17-13(2)3)11-16(15)20-10-6-9-18-4/h7-8,11,13,17H,5-6,9-10,12H2,1-4H3. The SMILES string of the molecule is CCOc1ccc(CNC(C)C)cc1OCCCOC. The van der Waals surface area contributed by atoms with Crippen LogP contribution in [0.15, 0.2) is 18.2 Å². The molecule has 0 unspecified atom stereocenters. The van der Waals surface area contributed by atoms with Gasteiger partial charge in [-0.2, -0.15) is 0 Å². The first-order chi connectivity index (χ1) is 9.67. The van der Waals surface area contributed by atoms with Gasteiger partial charge < -0.3 is 19.5 Å². The Kier molecular flexibility index (Phi) is 8.07. The van der Waals surface area contributed by atoms with Gasteiger partial charge in [0, 0.05) is 32.7 Å². The minimum absolute atomic E-state index is 0.465. The Labute approximate surface area is 122 Å². The van der Waals surface area contributed by atoms with Crippen LogP contribution >= 0.6 is 0 Å². The van der Waals surface area contributed by atoms with Gasteiger partial charge in [0.15, 0.2) is 11.5 Å². The Morgan fingerprint density at radius 3 is 2.55 bits per heavy atom. The van der Waals surface area contributed by atoms with Crippen LogP contribution in [0.25, 0.3) is 0 Å². The third-order valence-electron chi connectivity index (χ3n) is 2.77. The number of nitrogens with one attached hydrogen (secondary N) is 1. The van der Waals surface area contributed by atoms with E-state index < -0.39 is 0 Å². The van der Waals surface area contributed by atoms with Crippen molar-refractivity contribution in [1.82, 2.24) is 5.32 Å². The molecule has 0 amide bonds. The summed E-state index contributed by atoms with van der Waals surface area (Å²) in [6.45, 7) is 9.06. The zero-order chi connectivity index (χ0) is 14.8. The molecule has 1 aromatic carbocycles. The molecule has 0 heterocycles. The molecule has 0 saturated carbocycles. The van der Waals surface area contributed by atoms with E-state index in [4.69, 9.17) is 14.2 Å². The average Bonchev–Trinajstić information content (AvgIpc) is 2.43. The molecule has 0 atom stereocenters. The summed E-state index contributed by atoms with van der Waals surface area (Å²) in [6.07, 6.45) is 0.872. The van der Waals surface area contributed by atoms with Gasteiger partial charge in [-0.3, -0.25) is 0 Å². The molecule has 0 aliphatic carbocycles. The molecule has 0 saturated heterocycles. The molecule has 1 rings (SSSR count). The quantitative estimate of drug-likeness (QED) is 0.669. The van der Waals surface area contributed by atoms with Gasteiger partial charge in [-0.1, -0.05) is 19.9 Å². The fourth-order valence-corrected chi connectivity index (χ4v) is 1.76. The minimum atomic E-state index is 0.465. The predicted molar refractivity (Wildman–Crippen MR) is 81.6 cm³/mol. The highest BCUT2D eigenvalue weighted by molar-refractivity contribution is 5.43. The maximum Gasteiger partial charge on any atom is 0.161 e. The summed E-state index contributed by atoms with van der Waals surface area (Å²) in [5.41, 5.74) is 1.20. The molecule has 4 nitrogen and oxygen atoms in total. The highest BCUT2D eigenvalue weighted by Gasteiger charge is 2.07. The minimum Gasteiger partial charge on any atom is -0.490 e. The van der Waals surface area contributed by atoms with Gasteiger partial charge in [-0.25, -0.2) is 0 Å². The lowest BCUT2D eigenvalue weighted by atomic mass is 10.2. The van der Waals surface area contributed by atoms with Crippen molar-refractivity contribution in [1.29, 1.82) is 0 Å². The second-order valence-corrected chi connectivity index (χ2v) is 4.94. The summed E-state index contributed by atoms with van der Waals surface area (Å²) in [4.78, 5) is 0. The van der Waals surface area contributed by atoms with Gasteiger partial charge in [0.25, 0.3) is 0 Å². The van der Waals surface area contributed by atoms with E-state index in [9.17, 15) is 0 Å². The molecule has 114 valence electrons. The van der Waals surface area contributed by atoms with E-state index in [1.807, 2.05) is 19.1 Å². The zero-order valence-electron chi connectivity index (χ0n) is 13.1. The Morgan fingerprint density at radius 2 is 1.90 bits per heavy atom. The van der Waals surface area contributed by atoms with Gasteiger partial charge in [0.2, 0.25) is 0 Å². The molecule has 1 aromatic rings. The first-order valence-corrected chi connectivity index (χ1v) is 7.28. The van der Waals surface area contributed by atoms with Crippen LogP contribution in [0.2, 0.25) is 0 Å². The number of hydrogen-bond acceptors (Lipinski definition) is 4. The van der Waals surface area contributed by atoms with Gasteiger partial charge >= 0.3 is 0 Å². The molecule has 0 spiro atoms. The molecule has 0 aliphatic heterocycles.